The Morgan fingerprint density at radius 3 is 2.68 bits per heavy atom. The molecule has 1 aromatic carbocycles. The molecule has 0 bridgehead atoms. The van der Waals surface area contributed by atoms with Crippen LogP contribution in [0.15, 0.2) is 18.2 Å². The van der Waals surface area contributed by atoms with Crippen molar-refractivity contribution in [3.05, 3.63) is 34.6 Å². The van der Waals surface area contributed by atoms with Crippen LogP contribution in [0.4, 0.5) is 4.39 Å². The highest BCUT2D eigenvalue weighted by atomic mass is 35.5. The summed E-state index contributed by atoms with van der Waals surface area (Å²) in [4.78, 5) is 0. The van der Waals surface area contributed by atoms with E-state index in [9.17, 15) is 4.39 Å². The fraction of sp³-hybridized carbons (Fsp3) is 0.625. The molecule has 1 fully saturated rings. The molecular weight excluding hydrogens is 261 g/mol. The molecule has 0 aromatic heterocycles. The summed E-state index contributed by atoms with van der Waals surface area (Å²) in [5.41, 5.74) is 0.587. The fourth-order valence-electron chi connectivity index (χ4n) is 3.06. The van der Waals surface area contributed by atoms with Gasteiger partial charge in [-0.25, -0.2) is 4.39 Å². The highest BCUT2D eigenvalue weighted by molar-refractivity contribution is 6.31. The van der Waals surface area contributed by atoms with Gasteiger partial charge in [-0.1, -0.05) is 38.4 Å². The Balaban J connectivity index is 2.25. The first-order valence-corrected chi connectivity index (χ1v) is 7.50. The van der Waals surface area contributed by atoms with Crippen molar-refractivity contribution in [2.75, 3.05) is 13.1 Å². The third kappa shape index (κ3) is 2.80. The van der Waals surface area contributed by atoms with Gasteiger partial charge in [0.25, 0.3) is 0 Å². The molecule has 0 saturated heterocycles. The van der Waals surface area contributed by atoms with Crippen molar-refractivity contribution in [3.8, 4) is 0 Å². The van der Waals surface area contributed by atoms with E-state index in [1.807, 2.05) is 0 Å². The van der Waals surface area contributed by atoms with E-state index in [4.69, 9.17) is 11.6 Å². The van der Waals surface area contributed by atoms with Crippen molar-refractivity contribution in [2.45, 2.75) is 39.0 Å². The van der Waals surface area contributed by atoms with Crippen molar-refractivity contribution in [2.24, 2.45) is 11.8 Å². The molecule has 3 heteroatoms. The number of hydrogen-bond acceptors (Lipinski definition) is 1. The van der Waals surface area contributed by atoms with Crippen LogP contribution in [-0.2, 0) is 5.41 Å². The highest BCUT2D eigenvalue weighted by Gasteiger charge is 2.47. The van der Waals surface area contributed by atoms with Crippen molar-refractivity contribution in [1.29, 1.82) is 0 Å². The monoisotopic (exact) mass is 283 g/mol. The highest BCUT2D eigenvalue weighted by Crippen LogP contribution is 2.51. The van der Waals surface area contributed by atoms with Crippen molar-refractivity contribution < 1.29 is 4.39 Å². The Hall–Kier alpha value is -0.600. The van der Waals surface area contributed by atoms with Gasteiger partial charge in [-0.05, 0) is 43.4 Å². The average Bonchev–Trinajstić information content (AvgIpc) is 2.34. The van der Waals surface area contributed by atoms with Gasteiger partial charge in [-0.2, -0.15) is 0 Å². The van der Waals surface area contributed by atoms with Crippen molar-refractivity contribution in [1.82, 2.24) is 5.32 Å². The Morgan fingerprint density at radius 2 is 2.21 bits per heavy atom. The molecule has 0 amide bonds. The summed E-state index contributed by atoms with van der Waals surface area (Å²) in [6.45, 7) is 8.33. The maximum absolute atomic E-state index is 14.2. The number of benzene rings is 1. The number of rotatable bonds is 5. The quantitative estimate of drug-likeness (QED) is 0.845. The van der Waals surface area contributed by atoms with Crippen LogP contribution in [0.25, 0.3) is 0 Å². The van der Waals surface area contributed by atoms with E-state index >= 15 is 0 Å². The Bertz CT molecular complexity index is 426. The van der Waals surface area contributed by atoms with E-state index in [2.05, 4.69) is 26.1 Å². The first-order chi connectivity index (χ1) is 8.97. The van der Waals surface area contributed by atoms with E-state index in [1.54, 1.807) is 12.1 Å². The molecule has 2 rings (SSSR count). The van der Waals surface area contributed by atoms with Crippen LogP contribution in [0.3, 0.4) is 0 Å². The SMILES string of the molecule is CC(C)CNCC1(c2c(F)cccc2Cl)CCC1C. The number of halogens is 2. The van der Waals surface area contributed by atoms with Gasteiger partial charge < -0.3 is 5.32 Å². The second kappa shape index (κ2) is 5.80. The molecule has 0 radical (unpaired) electrons. The molecule has 1 aliphatic rings. The Labute approximate surface area is 120 Å². The summed E-state index contributed by atoms with van der Waals surface area (Å²) in [6, 6.07) is 5.01. The van der Waals surface area contributed by atoms with Gasteiger partial charge in [-0.15, -0.1) is 0 Å². The first kappa shape index (κ1) is 14.8. The van der Waals surface area contributed by atoms with Crippen LogP contribution in [0.2, 0.25) is 5.02 Å². The smallest absolute Gasteiger partial charge is 0.128 e. The zero-order chi connectivity index (χ0) is 14.0. The third-order valence-electron chi connectivity index (χ3n) is 4.42. The maximum Gasteiger partial charge on any atom is 0.128 e. The van der Waals surface area contributed by atoms with E-state index in [0.717, 1.165) is 25.9 Å². The van der Waals surface area contributed by atoms with Gasteiger partial charge in [-0.3, -0.25) is 0 Å². The second-order valence-corrected chi connectivity index (χ2v) is 6.62. The minimum atomic E-state index is -0.162. The third-order valence-corrected chi connectivity index (χ3v) is 4.74. The topological polar surface area (TPSA) is 12.0 Å². The van der Waals surface area contributed by atoms with E-state index < -0.39 is 0 Å². The van der Waals surface area contributed by atoms with Crippen LogP contribution < -0.4 is 5.32 Å². The molecule has 1 saturated carbocycles. The van der Waals surface area contributed by atoms with Gasteiger partial charge in [0.1, 0.15) is 5.82 Å². The lowest BCUT2D eigenvalue weighted by molar-refractivity contribution is 0.128. The van der Waals surface area contributed by atoms with Gasteiger partial charge >= 0.3 is 0 Å². The predicted octanol–water partition coefficient (Wildman–Crippen LogP) is 4.39. The normalized spacial score (nSPS) is 26.5. The Kier molecular flexibility index (Phi) is 4.52. The lowest BCUT2D eigenvalue weighted by Crippen LogP contribution is -2.51. The summed E-state index contributed by atoms with van der Waals surface area (Å²) in [6.07, 6.45) is 2.16. The molecule has 19 heavy (non-hydrogen) atoms. The molecule has 106 valence electrons. The molecule has 1 nitrogen and oxygen atoms in total. The minimum Gasteiger partial charge on any atom is -0.316 e. The Morgan fingerprint density at radius 1 is 1.47 bits per heavy atom. The summed E-state index contributed by atoms with van der Waals surface area (Å²) in [5, 5.41) is 4.05. The summed E-state index contributed by atoms with van der Waals surface area (Å²) in [5.74, 6) is 0.912. The van der Waals surface area contributed by atoms with Gasteiger partial charge in [0, 0.05) is 22.5 Å². The van der Waals surface area contributed by atoms with Crippen molar-refractivity contribution in [3.63, 3.8) is 0 Å². The second-order valence-electron chi connectivity index (χ2n) is 6.22. The van der Waals surface area contributed by atoms with Crippen LogP contribution in [0, 0.1) is 17.7 Å². The first-order valence-electron chi connectivity index (χ1n) is 7.12. The molecule has 1 aromatic rings. The van der Waals surface area contributed by atoms with Crippen LogP contribution >= 0.6 is 11.6 Å². The maximum atomic E-state index is 14.2. The zero-order valence-electron chi connectivity index (χ0n) is 12.0. The number of nitrogens with one attached hydrogen (secondary N) is 1. The standard InChI is InChI=1S/C16H23ClFN/c1-11(2)9-19-10-16(8-7-12(16)3)15-13(17)5-4-6-14(15)18/h4-6,11-12,19H,7-10H2,1-3H3. The van der Waals surface area contributed by atoms with Gasteiger partial charge in [0.15, 0.2) is 0 Å². The van der Waals surface area contributed by atoms with Crippen molar-refractivity contribution >= 4 is 11.6 Å². The summed E-state index contributed by atoms with van der Waals surface area (Å²) < 4.78 is 14.2. The molecular formula is C16H23ClFN. The minimum absolute atomic E-state index is 0.128. The van der Waals surface area contributed by atoms with Crippen LogP contribution in [-0.4, -0.2) is 13.1 Å². The van der Waals surface area contributed by atoms with E-state index in [0.29, 0.717) is 22.4 Å². The average molecular weight is 284 g/mol. The molecule has 0 aliphatic heterocycles. The zero-order valence-corrected chi connectivity index (χ0v) is 12.7. The van der Waals surface area contributed by atoms with Gasteiger partial charge in [0.05, 0.1) is 0 Å². The number of hydrogen-bond donors (Lipinski definition) is 1. The van der Waals surface area contributed by atoms with E-state index in [-0.39, 0.29) is 11.2 Å². The molecule has 1 N–H and O–H groups in total. The molecule has 0 heterocycles. The summed E-state index contributed by atoms with van der Waals surface area (Å²) in [7, 11) is 0. The van der Waals surface area contributed by atoms with E-state index in [1.165, 1.54) is 6.07 Å². The van der Waals surface area contributed by atoms with Crippen LogP contribution in [0.1, 0.15) is 39.2 Å². The largest absolute Gasteiger partial charge is 0.316 e. The molecule has 2 atom stereocenters. The predicted molar refractivity (Wildman–Crippen MR) is 79.2 cm³/mol. The summed E-state index contributed by atoms with van der Waals surface area (Å²) >= 11 is 6.27. The fourth-order valence-corrected chi connectivity index (χ4v) is 3.41. The molecule has 2 unspecified atom stereocenters. The molecule has 1 aliphatic carbocycles. The lowest BCUT2D eigenvalue weighted by Gasteiger charge is -2.49. The van der Waals surface area contributed by atoms with Crippen LogP contribution in [0.5, 0.6) is 0 Å². The lowest BCUT2D eigenvalue weighted by atomic mass is 9.57. The van der Waals surface area contributed by atoms with Gasteiger partial charge in [0.2, 0.25) is 0 Å². The molecule has 0 spiro atoms.